The van der Waals surface area contributed by atoms with Crippen molar-refractivity contribution in [3.63, 3.8) is 0 Å². The van der Waals surface area contributed by atoms with Crippen LogP contribution in [0.15, 0.2) is 48.7 Å². The molecule has 2 aromatic heterocycles. The van der Waals surface area contributed by atoms with Gasteiger partial charge in [-0.25, -0.2) is 4.52 Å². The van der Waals surface area contributed by atoms with Crippen LogP contribution >= 0.6 is 0 Å². The van der Waals surface area contributed by atoms with Crippen LogP contribution in [0.5, 0.6) is 0 Å². The number of aromatic nitrogens is 3. The minimum atomic E-state index is -4.36. The third-order valence-corrected chi connectivity index (χ3v) is 2.79. The molecular formula is C13H8F3N3. The first-order chi connectivity index (χ1) is 9.05. The quantitative estimate of drug-likeness (QED) is 0.673. The summed E-state index contributed by atoms with van der Waals surface area (Å²) in [6.45, 7) is 0. The topological polar surface area (TPSA) is 30.2 Å². The molecule has 0 aliphatic carbocycles. The normalized spacial score (nSPS) is 11.9. The summed E-state index contributed by atoms with van der Waals surface area (Å²) in [6, 6.07) is 10.4. The largest absolute Gasteiger partial charge is 0.416 e. The van der Waals surface area contributed by atoms with Crippen LogP contribution < -0.4 is 0 Å². The van der Waals surface area contributed by atoms with Gasteiger partial charge in [-0.2, -0.15) is 13.2 Å². The Morgan fingerprint density at radius 2 is 1.84 bits per heavy atom. The van der Waals surface area contributed by atoms with Gasteiger partial charge in [-0.3, -0.25) is 0 Å². The number of fused-ring (bicyclic) bond motifs is 1. The molecule has 3 nitrogen and oxygen atoms in total. The molecule has 19 heavy (non-hydrogen) atoms. The molecule has 0 saturated carbocycles. The summed E-state index contributed by atoms with van der Waals surface area (Å²) in [7, 11) is 0. The summed E-state index contributed by atoms with van der Waals surface area (Å²) in [5.41, 5.74) is 0.812. The van der Waals surface area contributed by atoms with E-state index in [1.807, 2.05) is 0 Å². The van der Waals surface area contributed by atoms with Gasteiger partial charge in [0.2, 0.25) is 0 Å². The standard InChI is InChI=1S/C13H8F3N3/c14-13(15,16)10-5-3-4-9(8-10)12-11-6-1-2-7-19(11)18-17-12/h1-8H. The molecule has 0 spiro atoms. The van der Waals surface area contributed by atoms with Crippen LogP contribution in [-0.2, 0) is 6.18 Å². The maximum Gasteiger partial charge on any atom is 0.416 e. The van der Waals surface area contributed by atoms with Crippen LogP contribution in [0, 0.1) is 0 Å². The van der Waals surface area contributed by atoms with Crippen LogP contribution in [0.3, 0.4) is 0 Å². The van der Waals surface area contributed by atoms with Crippen molar-refractivity contribution >= 4 is 5.52 Å². The zero-order chi connectivity index (χ0) is 13.5. The lowest BCUT2D eigenvalue weighted by Crippen LogP contribution is -2.04. The van der Waals surface area contributed by atoms with Gasteiger partial charge >= 0.3 is 6.18 Å². The highest BCUT2D eigenvalue weighted by molar-refractivity contribution is 5.76. The second-order valence-corrected chi connectivity index (χ2v) is 4.05. The van der Waals surface area contributed by atoms with Crippen molar-refractivity contribution in [2.45, 2.75) is 6.18 Å². The number of nitrogens with zero attached hydrogens (tertiary/aromatic N) is 3. The van der Waals surface area contributed by atoms with Gasteiger partial charge in [-0.15, -0.1) is 5.10 Å². The molecule has 0 bridgehead atoms. The van der Waals surface area contributed by atoms with E-state index < -0.39 is 11.7 Å². The van der Waals surface area contributed by atoms with E-state index in [2.05, 4.69) is 10.3 Å². The minimum Gasteiger partial charge on any atom is -0.220 e. The number of pyridine rings is 1. The monoisotopic (exact) mass is 263 g/mol. The van der Waals surface area contributed by atoms with E-state index in [0.717, 1.165) is 12.1 Å². The predicted molar refractivity (Wildman–Crippen MR) is 63.4 cm³/mol. The first kappa shape index (κ1) is 11.7. The number of rotatable bonds is 1. The first-order valence-electron chi connectivity index (χ1n) is 5.53. The van der Waals surface area contributed by atoms with Crippen LogP contribution in [0.4, 0.5) is 13.2 Å². The molecule has 0 radical (unpaired) electrons. The molecule has 0 N–H and O–H groups in total. The molecule has 2 heterocycles. The Balaban J connectivity index is 2.17. The van der Waals surface area contributed by atoms with Gasteiger partial charge in [0.15, 0.2) is 0 Å². The number of halogens is 3. The highest BCUT2D eigenvalue weighted by Gasteiger charge is 2.30. The SMILES string of the molecule is FC(F)(F)c1cccc(-c2nnn3ccccc23)c1. The fraction of sp³-hybridized carbons (Fsp3) is 0.0769. The third-order valence-electron chi connectivity index (χ3n) is 2.79. The van der Waals surface area contributed by atoms with E-state index in [1.165, 1.54) is 10.6 Å². The molecule has 0 atom stereocenters. The second kappa shape index (κ2) is 4.08. The van der Waals surface area contributed by atoms with E-state index in [-0.39, 0.29) is 0 Å². The van der Waals surface area contributed by atoms with Gasteiger partial charge in [0.1, 0.15) is 5.69 Å². The molecule has 3 rings (SSSR count). The van der Waals surface area contributed by atoms with E-state index in [0.29, 0.717) is 16.8 Å². The molecule has 96 valence electrons. The van der Waals surface area contributed by atoms with Crippen molar-refractivity contribution in [1.82, 2.24) is 14.8 Å². The molecule has 0 aliphatic rings. The highest BCUT2D eigenvalue weighted by atomic mass is 19.4. The Morgan fingerprint density at radius 1 is 1.00 bits per heavy atom. The van der Waals surface area contributed by atoms with Crippen molar-refractivity contribution in [2.75, 3.05) is 0 Å². The van der Waals surface area contributed by atoms with Crippen LogP contribution in [0.25, 0.3) is 16.8 Å². The van der Waals surface area contributed by atoms with Crippen molar-refractivity contribution in [3.8, 4) is 11.3 Å². The van der Waals surface area contributed by atoms with E-state index in [9.17, 15) is 13.2 Å². The Bertz CT molecular complexity index is 731. The summed E-state index contributed by atoms with van der Waals surface area (Å²) in [4.78, 5) is 0. The Labute approximate surface area is 106 Å². The highest BCUT2D eigenvalue weighted by Crippen LogP contribution is 2.32. The molecule has 0 amide bonds. The second-order valence-electron chi connectivity index (χ2n) is 4.05. The lowest BCUT2D eigenvalue weighted by molar-refractivity contribution is -0.137. The lowest BCUT2D eigenvalue weighted by Gasteiger charge is -2.07. The number of alkyl halides is 3. The summed E-state index contributed by atoms with van der Waals surface area (Å²) in [6.07, 6.45) is -2.67. The number of benzene rings is 1. The van der Waals surface area contributed by atoms with Gasteiger partial charge in [0.25, 0.3) is 0 Å². The van der Waals surface area contributed by atoms with E-state index in [4.69, 9.17) is 0 Å². The smallest absolute Gasteiger partial charge is 0.220 e. The molecule has 0 saturated heterocycles. The van der Waals surface area contributed by atoms with Gasteiger partial charge in [0.05, 0.1) is 11.1 Å². The fourth-order valence-electron chi connectivity index (χ4n) is 1.89. The molecule has 0 aliphatic heterocycles. The maximum atomic E-state index is 12.7. The Hall–Kier alpha value is -2.37. The van der Waals surface area contributed by atoms with Crippen LogP contribution in [-0.4, -0.2) is 14.8 Å². The van der Waals surface area contributed by atoms with Gasteiger partial charge in [0, 0.05) is 11.8 Å². The lowest BCUT2D eigenvalue weighted by atomic mass is 10.1. The summed E-state index contributed by atoms with van der Waals surface area (Å²) in [5.74, 6) is 0. The summed E-state index contributed by atoms with van der Waals surface area (Å²) < 4.78 is 39.6. The van der Waals surface area contributed by atoms with Gasteiger partial charge < -0.3 is 0 Å². The molecule has 6 heteroatoms. The molecular weight excluding hydrogens is 255 g/mol. The average Bonchev–Trinajstić information content (AvgIpc) is 2.82. The van der Waals surface area contributed by atoms with E-state index >= 15 is 0 Å². The fourth-order valence-corrected chi connectivity index (χ4v) is 1.89. The Morgan fingerprint density at radius 3 is 2.63 bits per heavy atom. The third kappa shape index (κ3) is 2.05. The maximum absolute atomic E-state index is 12.7. The summed E-state index contributed by atoms with van der Waals surface area (Å²) >= 11 is 0. The van der Waals surface area contributed by atoms with Crippen molar-refractivity contribution in [2.24, 2.45) is 0 Å². The molecule has 3 aromatic rings. The van der Waals surface area contributed by atoms with Crippen LogP contribution in [0.1, 0.15) is 5.56 Å². The van der Waals surface area contributed by atoms with Crippen molar-refractivity contribution in [1.29, 1.82) is 0 Å². The molecule has 0 fully saturated rings. The van der Waals surface area contributed by atoms with Crippen molar-refractivity contribution in [3.05, 3.63) is 54.2 Å². The number of hydrogen-bond donors (Lipinski definition) is 0. The first-order valence-corrected chi connectivity index (χ1v) is 5.53. The average molecular weight is 263 g/mol. The predicted octanol–water partition coefficient (Wildman–Crippen LogP) is 3.42. The van der Waals surface area contributed by atoms with Gasteiger partial charge in [-0.1, -0.05) is 23.4 Å². The van der Waals surface area contributed by atoms with Gasteiger partial charge in [-0.05, 0) is 24.3 Å². The molecule has 0 unspecified atom stereocenters. The Kier molecular flexibility index (Phi) is 2.51. The number of hydrogen-bond acceptors (Lipinski definition) is 2. The molecule has 1 aromatic carbocycles. The summed E-state index contributed by atoms with van der Waals surface area (Å²) in [5, 5.41) is 7.81. The van der Waals surface area contributed by atoms with E-state index in [1.54, 1.807) is 30.5 Å². The van der Waals surface area contributed by atoms with Crippen molar-refractivity contribution < 1.29 is 13.2 Å². The minimum absolute atomic E-state index is 0.399. The van der Waals surface area contributed by atoms with Crippen LogP contribution in [0.2, 0.25) is 0 Å². The zero-order valence-corrected chi connectivity index (χ0v) is 9.59. The zero-order valence-electron chi connectivity index (χ0n) is 9.59.